The van der Waals surface area contributed by atoms with Gasteiger partial charge in [-0.15, -0.1) is 24.8 Å². The van der Waals surface area contributed by atoms with Gasteiger partial charge in [0.15, 0.2) is 0 Å². The molecule has 2 aliphatic rings. The second-order valence-corrected chi connectivity index (χ2v) is 3.51. The van der Waals surface area contributed by atoms with Crippen LogP contribution in [0.3, 0.4) is 0 Å². The molecule has 0 spiro atoms. The minimum absolute atomic E-state index is 0. The van der Waals surface area contributed by atoms with Crippen LogP contribution >= 0.6 is 24.8 Å². The number of halogens is 4. The van der Waals surface area contributed by atoms with E-state index in [4.69, 9.17) is 11.5 Å². The molecule has 0 aromatic heterocycles. The van der Waals surface area contributed by atoms with Crippen molar-refractivity contribution < 1.29 is 8.78 Å². The van der Waals surface area contributed by atoms with Crippen molar-refractivity contribution in [3.05, 3.63) is 0 Å². The molecule has 0 amide bonds. The van der Waals surface area contributed by atoms with Gasteiger partial charge >= 0.3 is 0 Å². The van der Waals surface area contributed by atoms with Crippen LogP contribution in [0.25, 0.3) is 0 Å². The molecule has 0 bridgehead atoms. The van der Waals surface area contributed by atoms with Crippen molar-refractivity contribution in [2.24, 2.45) is 11.5 Å². The molecule has 4 N–H and O–H groups in total. The van der Waals surface area contributed by atoms with Gasteiger partial charge in [0, 0.05) is 12.1 Å². The maximum Gasteiger partial charge on any atom is 0.115 e. The first-order chi connectivity index (χ1) is 5.61. The molecule has 0 aromatic carbocycles. The van der Waals surface area contributed by atoms with E-state index in [2.05, 4.69) is 0 Å². The third-order valence-electron chi connectivity index (χ3n) is 2.48. The fourth-order valence-corrected chi connectivity index (χ4v) is 0.970. The summed E-state index contributed by atoms with van der Waals surface area (Å²) in [6, 6.07) is -0.269. The van der Waals surface area contributed by atoms with Crippen molar-refractivity contribution >= 4 is 24.8 Å². The molecule has 0 aliphatic heterocycles. The Morgan fingerprint density at radius 2 is 0.929 bits per heavy atom. The highest BCUT2D eigenvalue weighted by Gasteiger charge is 2.26. The lowest BCUT2D eigenvalue weighted by molar-refractivity contribution is 0.173. The van der Waals surface area contributed by atoms with Gasteiger partial charge in [-0.2, -0.15) is 0 Å². The Bertz CT molecular complexity index is 119. The first-order valence-electron chi connectivity index (χ1n) is 4.40. The monoisotopic (exact) mass is 250 g/mol. The minimum atomic E-state index is -0.690. The molecule has 2 saturated carbocycles. The second kappa shape index (κ2) is 7.63. The molecule has 2 fully saturated rings. The van der Waals surface area contributed by atoms with Crippen LogP contribution in [-0.2, 0) is 0 Å². The van der Waals surface area contributed by atoms with Gasteiger partial charge in [0.25, 0.3) is 0 Å². The van der Waals surface area contributed by atoms with E-state index in [1.54, 1.807) is 0 Å². The highest BCUT2D eigenvalue weighted by atomic mass is 35.5. The SMILES string of the molecule is Cl.Cl.N[C@@H]1CC[C@@H]1F.N[C@H]1CC[C@H]1F. The number of hydrogen-bond acceptors (Lipinski definition) is 2. The summed E-state index contributed by atoms with van der Waals surface area (Å²) in [4.78, 5) is 0. The Kier molecular flexibility index (Phi) is 9.14. The van der Waals surface area contributed by atoms with Crippen LogP contribution in [0.1, 0.15) is 25.7 Å². The van der Waals surface area contributed by atoms with Crippen molar-refractivity contribution in [3.8, 4) is 0 Å². The third-order valence-corrected chi connectivity index (χ3v) is 2.48. The van der Waals surface area contributed by atoms with Gasteiger partial charge in [0.2, 0.25) is 0 Å². The highest BCUT2D eigenvalue weighted by molar-refractivity contribution is 5.85. The van der Waals surface area contributed by atoms with E-state index in [1.165, 1.54) is 0 Å². The predicted octanol–water partition coefficient (Wildman–Crippen LogP) is 1.73. The van der Waals surface area contributed by atoms with E-state index in [0.717, 1.165) is 12.8 Å². The van der Waals surface area contributed by atoms with E-state index in [9.17, 15) is 8.78 Å². The fraction of sp³-hybridized carbons (Fsp3) is 1.00. The van der Waals surface area contributed by atoms with Crippen molar-refractivity contribution in [3.63, 3.8) is 0 Å². The van der Waals surface area contributed by atoms with E-state index in [-0.39, 0.29) is 36.9 Å². The molecule has 0 aromatic rings. The van der Waals surface area contributed by atoms with Crippen molar-refractivity contribution in [1.29, 1.82) is 0 Å². The summed E-state index contributed by atoms with van der Waals surface area (Å²) in [5.41, 5.74) is 10.3. The topological polar surface area (TPSA) is 52.0 Å². The molecule has 14 heavy (non-hydrogen) atoms. The maximum absolute atomic E-state index is 11.8. The Morgan fingerprint density at radius 3 is 0.929 bits per heavy atom. The molecule has 2 nitrogen and oxygen atoms in total. The largest absolute Gasteiger partial charge is 0.325 e. The van der Waals surface area contributed by atoms with Crippen molar-refractivity contribution in [2.75, 3.05) is 0 Å². The van der Waals surface area contributed by atoms with Gasteiger partial charge in [-0.05, 0) is 25.7 Å². The summed E-state index contributed by atoms with van der Waals surface area (Å²) in [7, 11) is 0. The molecular weight excluding hydrogens is 233 g/mol. The van der Waals surface area contributed by atoms with Crippen molar-refractivity contribution in [1.82, 2.24) is 0 Å². The molecule has 0 radical (unpaired) electrons. The molecule has 0 unspecified atom stereocenters. The molecule has 6 heteroatoms. The molecule has 0 heterocycles. The van der Waals surface area contributed by atoms with Gasteiger partial charge in [0.1, 0.15) is 12.3 Å². The van der Waals surface area contributed by atoms with Gasteiger partial charge in [-0.25, -0.2) is 8.78 Å². The molecular formula is C8H18Cl2F2N2. The molecule has 4 atom stereocenters. The maximum atomic E-state index is 11.8. The van der Waals surface area contributed by atoms with Crippen molar-refractivity contribution in [2.45, 2.75) is 50.1 Å². The van der Waals surface area contributed by atoms with Crippen LogP contribution in [0.5, 0.6) is 0 Å². The average Bonchev–Trinajstić information content (AvgIpc) is 2.12. The van der Waals surface area contributed by atoms with E-state index < -0.39 is 12.3 Å². The van der Waals surface area contributed by atoms with E-state index in [1.807, 2.05) is 0 Å². The van der Waals surface area contributed by atoms with E-state index in [0.29, 0.717) is 12.8 Å². The number of alkyl halides is 2. The van der Waals surface area contributed by atoms with Crippen LogP contribution < -0.4 is 11.5 Å². The first kappa shape index (κ1) is 16.8. The third kappa shape index (κ3) is 4.73. The molecule has 0 saturated heterocycles. The summed E-state index contributed by atoms with van der Waals surface area (Å²) in [5, 5.41) is 0. The Morgan fingerprint density at radius 1 is 0.714 bits per heavy atom. The lowest BCUT2D eigenvalue weighted by Crippen LogP contribution is -2.40. The first-order valence-corrected chi connectivity index (χ1v) is 4.40. The lowest BCUT2D eigenvalue weighted by Gasteiger charge is -2.25. The fourth-order valence-electron chi connectivity index (χ4n) is 0.970. The molecule has 88 valence electrons. The Hall–Kier alpha value is 0.360. The standard InChI is InChI=1S/2C4H8FN.2ClH/c2*5-3-1-2-4(3)6;;/h2*3-4H,1-2,6H2;2*1H/t2*3-,4+;;/m10../s1. The Labute approximate surface area is 95.6 Å². The quantitative estimate of drug-likeness (QED) is 0.689. The summed E-state index contributed by atoms with van der Waals surface area (Å²) >= 11 is 0. The summed E-state index contributed by atoms with van der Waals surface area (Å²) < 4.78 is 23.6. The lowest BCUT2D eigenvalue weighted by atomic mass is 9.92. The smallest absolute Gasteiger partial charge is 0.115 e. The minimum Gasteiger partial charge on any atom is -0.325 e. The van der Waals surface area contributed by atoms with Gasteiger partial charge < -0.3 is 11.5 Å². The van der Waals surface area contributed by atoms with Crippen LogP contribution in [-0.4, -0.2) is 24.4 Å². The second-order valence-electron chi connectivity index (χ2n) is 3.51. The number of nitrogens with two attached hydrogens (primary N) is 2. The average molecular weight is 251 g/mol. The summed E-state index contributed by atoms with van der Waals surface area (Å²) in [5.74, 6) is 0. The zero-order chi connectivity index (χ0) is 9.14. The predicted molar refractivity (Wildman–Crippen MR) is 58.7 cm³/mol. The zero-order valence-corrected chi connectivity index (χ0v) is 9.50. The highest BCUT2D eigenvalue weighted by Crippen LogP contribution is 2.20. The normalized spacial score (nSPS) is 38.6. The number of rotatable bonds is 0. The summed E-state index contributed by atoms with van der Waals surface area (Å²) in [6.07, 6.45) is 1.74. The molecule has 2 aliphatic carbocycles. The van der Waals surface area contributed by atoms with Crippen LogP contribution in [0.4, 0.5) is 8.78 Å². The van der Waals surface area contributed by atoms with Gasteiger partial charge in [0.05, 0.1) is 0 Å². The van der Waals surface area contributed by atoms with Crippen LogP contribution in [0.15, 0.2) is 0 Å². The van der Waals surface area contributed by atoms with Gasteiger partial charge in [-0.3, -0.25) is 0 Å². The van der Waals surface area contributed by atoms with Crippen LogP contribution in [0.2, 0.25) is 0 Å². The van der Waals surface area contributed by atoms with Gasteiger partial charge in [-0.1, -0.05) is 0 Å². The van der Waals surface area contributed by atoms with Crippen LogP contribution in [0, 0.1) is 0 Å². The van der Waals surface area contributed by atoms with E-state index >= 15 is 0 Å². The Balaban J connectivity index is 0. The zero-order valence-electron chi connectivity index (χ0n) is 7.86. The number of hydrogen-bond donors (Lipinski definition) is 2. The molecule has 2 rings (SSSR count). The summed E-state index contributed by atoms with van der Waals surface area (Å²) in [6.45, 7) is 0.